The Balaban J connectivity index is 1.51. The molecule has 1 aromatic heterocycles. The lowest BCUT2D eigenvalue weighted by molar-refractivity contribution is -0.120. The molecule has 1 saturated heterocycles. The molecule has 134 valence electrons. The number of nitrogens with one attached hydrogen (secondary N) is 1. The summed E-state index contributed by atoms with van der Waals surface area (Å²) in [7, 11) is 0. The van der Waals surface area contributed by atoms with Crippen LogP contribution in [0, 0.1) is 11.7 Å². The predicted octanol–water partition coefficient (Wildman–Crippen LogP) is 3.07. The maximum atomic E-state index is 13.9. The van der Waals surface area contributed by atoms with Crippen LogP contribution >= 0.6 is 11.3 Å². The molecule has 1 aliphatic rings. The number of carbonyl (C=O) groups excluding carboxylic acids is 1. The van der Waals surface area contributed by atoms with Crippen LogP contribution in [0.4, 0.5) is 15.2 Å². The number of anilines is 2. The molecule has 0 spiro atoms. The number of halogens is 1. The summed E-state index contributed by atoms with van der Waals surface area (Å²) in [5.41, 5.74) is 0.603. The number of para-hydroxylation sites is 1. The third-order valence-electron chi connectivity index (χ3n) is 4.19. The first-order valence-corrected chi connectivity index (χ1v) is 9.19. The quantitative estimate of drug-likeness (QED) is 0.853. The van der Waals surface area contributed by atoms with E-state index in [0.29, 0.717) is 50.0 Å². The summed E-state index contributed by atoms with van der Waals surface area (Å²) in [6.45, 7) is 4.25. The molecule has 0 unspecified atom stereocenters. The Morgan fingerprint density at radius 3 is 2.84 bits per heavy atom. The first kappa shape index (κ1) is 17.8. The molecule has 0 radical (unpaired) electrons. The van der Waals surface area contributed by atoms with Crippen molar-refractivity contribution in [1.82, 2.24) is 10.2 Å². The van der Waals surface area contributed by atoms with E-state index in [0.717, 1.165) is 5.01 Å². The Morgan fingerprint density at radius 2 is 2.12 bits per heavy atom. The van der Waals surface area contributed by atoms with Crippen LogP contribution in [0.25, 0.3) is 0 Å². The average Bonchev–Trinajstić information content (AvgIpc) is 3.08. The SMILES string of the molecule is CCOCc1nnc(NC(=O)C2CCN(c3ccccc3F)CC2)s1. The van der Waals surface area contributed by atoms with Crippen molar-refractivity contribution in [2.24, 2.45) is 5.92 Å². The summed E-state index contributed by atoms with van der Waals surface area (Å²) in [6, 6.07) is 6.74. The van der Waals surface area contributed by atoms with E-state index in [1.54, 1.807) is 12.1 Å². The highest BCUT2D eigenvalue weighted by Crippen LogP contribution is 2.26. The van der Waals surface area contributed by atoms with E-state index in [4.69, 9.17) is 4.74 Å². The fourth-order valence-electron chi connectivity index (χ4n) is 2.85. The van der Waals surface area contributed by atoms with Crippen LogP contribution in [0.5, 0.6) is 0 Å². The third-order valence-corrected chi connectivity index (χ3v) is 5.00. The number of benzene rings is 1. The Labute approximate surface area is 150 Å². The van der Waals surface area contributed by atoms with Crippen LogP contribution in [0.15, 0.2) is 24.3 Å². The summed E-state index contributed by atoms with van der Waals surface area (Å²) in [5, 5.41) is 12.0. The van der Waals surface area contributed by atoms with Gasteiger partial charge < -0.3 is 15.0 Å². The summed E-state index contributed by atoms with van der Waals surface area (Å²) in [5.74, 6) is -0.365. The van der Waals surface area contributed by atoms with E-state index in [-0.39, 0.29) is 17.6 Å². The van der Waals surface area contributed by atoms with Gasteiger partial charge in [0.2, 0.25) is 11.0 Å². The number of aromatic nitrogens is 2. The molecule has 3 rings (SSSR count). The van der Waals surface area contributed by atoms with Gasteiger partial charge in [0.05, 0.1) is 5.69 Å². The zero-order valence-electron chi connectivity index (χ0n) is 14.1. The lowest BCUT2D eigenvalue weighted by atomic mass is 9.95. The molecule has 1 aromatic carbocycles. The number of piperidine rings is 1. The van der Waals surface area contributed by atoms with Crippen molar-refractivity contribution < 1.29 is 13.9 Å². The highest BCUT2D eigenvalue weighted by atomic mass is 32.1. The number of carbonyl (C=O) groups is 1. The van der Waals surface area contributed by atoms with E-state index in [1.807, 2.05) is 17.9 Å². The fraction of sp³-hybridized carbons (Fsp3) is 0.471. The fourth-order valence-corrected chi connectivity index (χ4v) is 3.53. The van der Waals surface area contributed by atoms with Crippen molar-refractivity contribution in [2.75, 3.05) is 29.9 Å². The molecule has 1 amide bonds. The molecule has 1 aliphatic heterocycles. The highest BCUT2D eigenvalue weighted by Gasteiger charge is 2.26. The largest absolute Gasteiger partial charge is 0.374 e. The molecule has 6 nitrogen and oxygen atoms in total. The molecule has 1 fully saturated rings. The van der Waals surface area contributed by atoms with E-state index < -0.39 is 0 Å². The molecular weight excluding hydrogens is 343 g/mol. The molecule has 0 bridgehead atoms. The van der Waals surface area contributed by atoms with Crippen LogP contribution in [0.1, 0.15) is 24.8 Å². The first-order valence-electron chi connectivity index (χ1n) is 8.38. The second-order valence-corrected chi connectivity index (χ2v) is 6.90. The van der Waals surface area contributed by atoms with Crippen LogP contribution in [0.2, 0.25) is 0 Å². The molecule has 2 heterocycles. The number of hydrogen-bond acceptors (Lipinski definition) is 6. The van der Waals surface area contributed by atoms with Crippen molar-refractivity contribution in [1.29, 1.82) is 0 Å². The second-order valence-electron chi connectivity index (χ2n) is 5.84. The first-order chi connectivity index (χ1) is 12.2. The van der Waals surface area contributed by atoms with Crippen LogP contribution in [0.3, 0.4) is 0 Å². The van der Waals surface area contributed by atoms with Gasteiger partial charge in [0.25, 0.3) is 0 Å². The molecule has 2 aromatic rings. The molecule has 25 heavy (non-hydrogen) atoms. The van der Waals surface area contributed by atoms with E-state index in [9.17, 15) is 9.18 Å². The van der Waals surface area contributed by atoms with Gasteiger partial charge in [0, 0.05) is 25.6 Å². The van der Waals surface area contributed by atoms with Gasteiger partial charge in [-0.2, -0.15) is 0 Å². The van der Waals surface area contributed by atoms with Gasteiger partial charge in [-0.1, -0.05) is 23.5 Å². The van der Waals surface area contributed by atoms with Gasteiger partial charge in [0.15, 0.2) is 0 Å². The minimum Gasteiger partial charge on any atom is -0.374 e. The van der Waals surface area contributed by atoms with Gasteiger partial charge in [-0.15, -0.1) is 10.2 Å². The normalized spacial score (nSPS) is 15.4. The number of hydrogen-bond donors (Lipinski definition) is 1. The van der Waals surface area contributed by atoms with E-state index >= 15 is 0 Å². The molecule has 0 atom stereocenters. The topological polar surface area (TPSA) is 67.4 Å². The van der Waals surface area contributed by atoms with Crippen molar-refractivity contribution in [2.45, 2.75) is 26.4 Å². The molecule has 0 aliphatic carbocycles. The molecule has 0 saturated carbocycles. The van der Waals surface area contributed by atoms with Crippen LogP contribution < -0.4 is 10.2 Å². The van der Waals surface area contributed by atoms with Crippen LogP contribution in [-0.2, 0) is 16.1 Å². The zero-order valence-corrected chi connectivity index (χ0v) is 14.9. The van der Waals surface area contributed by atoms with Crippen LogP contribution in [-0.4, -0.2) is 35.8 Å². The minimum atomic E-state index is -0.221. The third kappa shape index (κ3) is 4.52. The molecular formula is C17H21FN4O2S. The lowest BCUT2D eigenvalue weighted by Gasteiger charge is -2.33. The summed E-state index contributed by atoms with van der Waals surface area (Å²) >= 11 is 1.33. The Bertz CT molecular complexity index is 716. The van der Waals surface area contributed by atoms with Crippen molar-refractivity contribution in [3.63, 3.8) is 0 Å². The minimum absolute atomic E-state index is 0.0488. The summed E-state index contributed by atoms with van der Waals surface area (Å²) in [4.78, 5) is 14.4. The van der Waals surface area contributed by atoms with Crippen molar-refractivity contribution in [3.8, 4) is 0 Å². The highest BCUT2D eigenvalue weighted by molar-refractivity contribution is 7.15. The molecule has 1 N–H and O–H groups in total. The average molecular weight is 364 g/mol. The lowest BCUT2D eigenvalue weighted by Crippen LogP contribution is -2.38. The molecule has 8 heteroatoms. The van der Waals surface area contributed by atoms with Gasteiger partial charge in [-0.3, -0.25) is 4.79 Å². The van der Waals surface area contributed by atoms with E-state index in [2.05, 4.69) is 15.5 Å². The second kappa shape index (κ2) is 8.35. The van der Waals surface area contributed by atoms with Crippen molar-refractivity contribution >= 4 is 28.1 Å². The summed E-state index contributed by atoms with van der Waals surface area (Å²) in [6.07, 6.45) is 1.37. The Hall–Kier alpha value is -2.06. The van der Waals surface area contributed by atoms with E-state index in [1.165, 1.54) is 17.4 Å². The van der Waals surface area contributed by atoms with Gasteiger partial charge in [-0.05, 0) is 31.9 Å². The van der Waals surface area contributed by atoms with Gasteiger partial charge in [0.1, 0.15) is 17.4 Å². The maximum absolute atomic E-state index is 13.9. The number of ether oxygens (including phenoxy) is 1. The number of rotatable bonds is 6. The standard InChI is InChI=1S/C17H21FN4O2S/c1-2-24-11-15-20-21-17(25-15)19-16(23)12-7-9-22(10-8-12)14-6-4-3-5-13(14)18/h3-6,12H,2,7-11H2,1H3,(H,19,21,23). The Morgan fingerprint density at radius 1 is 1.36 bits per heavy atom. The van der Waals surface area contributed by atoms with Crippen molar-refractivity contribution in [3.05, 3.63) is 35.1 Å². The van der Waals surface area contributed by atoms with Gasteiger partial charge in [-0.25, -0.2) is 4.39 Å². The predicted molar refractivity (Wildman–Crippen MR) is 95.2 cm³/mol. The smallest absolute Gasteiger partial charge is 0.229 e. The maximum Gasteiger partial charge on any atom is 0.229 e. The number of amides is 1. The monoisotopic (exact) mass is 364 g/mol. The zero-order chi connectivity index (χ0) is 17.6. The summed E-state index contributed by atoms with van der Waals surface area (Å²) < 4.78 is 19.1. The number of nitrogens with zero attached hydrogens (tertiary/aromatic N) is 3. The van der Waals surface area contributed by atoms with Gasteiger partial charge >= 0.3 is 0 Å². The Kier molecular flexibility index (Phi) is 5.93.